The zero-order valence-electron chi connectivity index (χ0n) is 27.1. The highest BCUT2D eigenvalue weighted by Gasteiger charge is 2.33. The number of ether oxygens (including phenoxy) is 4. The van der Waals surface area contributed by atoms with Crippen LogP contribution in [-0.4, -0.2) is 88.6 Å². The number of benzene rings is 2. The SMILES string of the molecule is COCCCOCCNC(=O)CCCC(=O)Nc1ccc2c(c1)C(COC(C)=O)c1cccc(C(=O)CCCOCCCCO)c1-2. The number of carbonyl (C=O) groups excluding carboxylic acids is 4. The normalized spacial score (nSPS) is 13.2. The first-order chi connectivity index (χ1) is 22.3. The number of Topliss-reactive ketones (excluding diaryl/α,β-unsaturated/α-hetero) is 1. The van der Waals surface area contributed by atoms with Crippen LogP contribution in [0.3, 0.4) is 0 Å². The smallest absolute Gasteiger partial charge is 0.302 e. The lowest BCUT2D eigenvalue weighted by molar-refractivity contribution is -0.141. The Morgan fingerprint density at radius 3 is 2.35 bits per heavy atom. The Kier molecular flexibility index (Phi) is 16.4. The molecule has 1 aliphatic rings. The average molecular weight is 641 g/mol. The first kappa shape index (κ1) is 36.8. The predicted molar refractivity (Wildman–Crippen MR) is 174 cm³/mol. The number of carbonyl (C=O) groups is 4. The molecule has 2 aromatic carbocycles. The number of fused-ring (bicyclic) bond motifs is 3. The Morgan fingerprint density at radius 1 is 0.804 bits per heavy atom. The minimum absolute atomic E-state index is 0.00547. The van der Waals surface area contributed by atoms with E-state index in [0.29, 0.717) is 76.5 Å². The van der Waals surface area contributed by atoms with Gasteiger partial charge in [0.1, 0.15) is 6.61 Å². The van der Waals surface area contributed by atoms with Crippen LogP contribution in [0.2, 0.25) is 0 Å². The van der Waals surface area contributed by atoms with E-state index < -0.39 is 5.97 Å². The first-order valence-corrected chi connectivity index (χ1v) is 16.1. The van der Waals surface area contributed by atoms with Crippen molar-refractivity contribution in [3.63, 3.8) is 0 Å². The van der Waals surface area contributed by atoms with E-state index >= 15 is 0 Å². The molecule has 0 fully saturated rings. The zero-order chi connectivity index (χ0) is 33.1. The van der Waals surface area contributed by atoms with Crippen molar-refractivity contribution in [2.45, 2.75) is 64.2 Å². The monoisotopic (exact) mass is 640 g/mol. The molecular weight excluding hydrogens is 592 g/mol. The zero-order valence-corrected chi connectivity index (χ0v) is 27.1. The van der Waals surface area contributed by atoms with E-state index in [4.69, 9.17) is 24.1 Å². The number of anilines is 1. The summed E-state index contributed by atoms with van der Waals surface area (Å²) in [7, 11) is 1.64. The fraction of sp³-hybridized carbons (Fsp3) is 0.543. The largest absolute Gasteiger partial charge is 0.465 e. The highest BCUT2D eigenvalue weighted by molar-refractivity contribution is 6.05. The molecule has 2 aromatic rings. The van der Waals surface area contributed by atoms with Crippen molar-refractivity contribution in [2.75, 3.05) is 65.2 Å². The van der Waals surface area contributed by atoms with Gasteiger partial charge in [-0.2, -0.15) is 0 Å². The maximum Gasteiger partial charge on any atom is 0.302 e. The number of amides is 2. The number of nitrogens with one attached hydrogen (secondary N) is 2. The van der Waals surface area contributed by atoms with Gasteiger partial charge in [-0.1, -0.05) is 24.3 Å². The number of hydrogen-bond acceptors (Lipinski definition) is 9. The number of ketones is 1. The van der Waals surface area contributed by atoms with Crippen LogP contribution in [0.25, 0.3) is 11.1 Å². The fourth-order valence-electron chi connectivity index (χ4n) is 5.38. The number of esters is 1. The van der Waals surface area contributed by atoms with Gasteiger partial charge in [-0.05, 0) is 66.5 Å². The summed E-state index contributed by atoms with van der Waals surface area (Å²) in [6.07, 6.45) is 4.00. The molecule has 0 saturated carbocycles. The van der Waals surface area contributed by atoms with Gasteiger partial charge in [0.25, 0.3) is 0 Å². The molecule has 0 bridgehead atoms. The Morgan fingerprint density at radius 2 is 1.57 bits per heavy atom. The maximum atomic E-state index is 13.3. The summed E-state index contributed by atoms with van der Waals surface area (Å²) in [6.45, 7) is 4.68. The quantitative estimate of drug-likeness (QED) is 0.0913. The molecule has 0 aromatic heterocycles. The summed E-state index contributed by atoms with van der Waals surface area (Å²) in [4.78, 5) is 49.9. The number of methoxy groups -OCH3 is 1. The summed E-state index contributed by atoms with van der Waals surface area (Å²) >= 11 is 0. The standard InChI is InChI=1S/C35H48N2O9/c1-25(39)46-24-31-27-9-5-10-29(32(40)11-7-20-44-19-4-3-17-38)35(27)28-15-14-26(23-30(28)31)37-34(42)13-6-12-33(41)36-16-22-45-21-8-18-43-2/h5,9-10,14-15,23,31,38H,3-4,6-8,11-13,16-22,24H2,1-2H3,(H,36,41)(H,37,42). The summed E-state index contributed by atoms with van der Waals surface area (Å²) in [5.41, 5.74) is 4.66. The second kappa shape index (κ2) is 20.5. The summed E-state index contributed by atoms with van der Waals surface area (Å²) in [5.74, 6) is -1.03. The van der Waals surface area contributed by atoms with E-state index in [9.17, 15) is 19.2 Å². The van der Waals surface area contributed by atoms with E-state index in [1.807, 2.05) is 30.3 Å². The van der Waals surface area contributed by atoms with Gasteiger partial charge in [-0.15, -0.1) is 0 Å². The second-order valence-corrected chi connectivity index (χ2v) is 11.2. The van der Waals surface area contributed by atoms with Gasteiger partial charge in [-0.3, -0.25) is 19.2 Å². The number of hydrogen-bond donors (Lipinski definition) is 3. The van der Waals surface area contributed by atoms with Gasteiger partial charge in [0.05, 0.1) is 6.61 Å². The number of aliphatic hydroxyl groups excluding tert-OH is 1. The van der Waals surface area contributed by atoms with Crippen molar-refractivity contribution in [2.24, 2.45) is 0 Å². The van der Waals surface area contributed by atoms with Crippen LogP contribution in [0, 0.1) is 0 Å². The van der Waals surface area contributed by atoms with Crippen LogP contribution < -0.4 is 10.6 Å². The van der Waals surface area contributed by atoms with Gasteiger partial charge in [0.15, 0.2) is 5.78 Å². The van der Waals surface area contributed by atoms with Crippen LogP contribution in [0.1, 0.15) is 85.7 Å². The van der Waals surface area contributed by atoms with Gasteiger partial charge in [0.2, 0.25) is 11.8 Å². The van der Waals surface area contributed by atoms with E-state index in [1.54, 1.807) is 13.2 Å². The molecule has 3 N–H and O–H groups in total. The van der Waals surface area contributed by atoms with Crippen LogP contribution >= 0.6 is 0 Å². The lowest BCUT2D eigenvalue weighted by atomic mass is 9.93. The summed E-state index contributed by atoms with van der Waals surface area (Å²) in [6, 6.07) is 11.2. The molecule has 2 amide bonds. The number of unbranched alkanes of at least 4 members (excludes halogenated alkanes) is 1. The highest BCUT2D eigenvalue weighted by atomic mass is 16.5. The first-order valence-electron chi connectivity index (χ1n) is 16.1. The predicted octanol–water partition coefficient (Wildman–Crippen LogP) is 4.39. The Labute approximate surface area is 271 Å². The third-order valence-electron chi connectivity index (χ3n) is 7.61. The molecule has 46 heavy (non-hydrogen) atoms. The number of aliphatic hydroxyl groups is 1. The lowest BCUT2D eigenvalue weighted by Gasteiger charge is -2.15. The molecule has 0 radical (unpaired) electrons. The molecule has 1 unspecified atom stereocenters. The topological polar surface area (TPSA) is 149 Å². The minimum Gasteiger partial charge on any atom is -0.465 e. The lowest BCUT2D eigenvalue weighted by Crippen LogP contribution is -2.27. The Bertz CT molecular complexity index is 1300. The van der Waals surface area contributed by atoms with Gasteiger partial charge >= 0.3 is 5.97 Å². The van der Waals surface area contributed by atoms with Crippen molar-refractivity contribution < 1.29 is 43.2 Å². The molecule has 1 atom stereocenters. The van der Waals surface area contributed by atoms with E-state index in [0.717, 1.165) is 35.1 Å². The van der Waals surface area contributed by atoms with Crippen molar-refractivity contribution >= 4 is 29.3 Å². The van der Waals surface area contributed by atoms with Crippen LogP contribution in [-0.2, 0) is 33.3 Å². The van der Waals surface area contributed by atoms with Crippen molar-refractivity contribution in [3.8, 4) is 11.1 Å². The van der Waals surface area contributed by atoms with E-state index in [2.05, 4.69) is 10.6 Å². The molecule has 1 aliphatic carbocycles. The maximum absolute atomic E-state index is 13.3. The van der Waals surface area contributed by atoms with Crippen molar-refractivity contribution in [3.05, 3.63) is 53.1 Å². The fourth-order valence-corrected chi connectivity index (χ4v) is 5.38. The molecule has 11 nitrogen and oxygen atoms in total. The Hall–Kier alpha value is -3.64. The number of rotatable bonds is 23. The molecule has 0 spiro atoms. The summed E-state index contributed by atoms with van der Waals surface area (Å²) < 4.78 is 21.4. The van der Waals surface area contributed by atoms with Crippen LogP contribution in [0.5, 0.6) is 0 Å². The molecule has 0 saturated heterocycles. The van der Waals surface area contributed by atoms with Crippen LogP contribution in [0.4, 0.5) is 5.69 Å². The second-order valence-electron chi connectivity index (χ2n) is 11.2. The van der Waals surface area contributed by atoms with E-state index in [1.165, 1.54) is 6.92 Å². The Balaban J connectivity index is 1.59. The molecule has 0 heterocycles. The highest BCUT2D eigenvalue weighted by Crippen LogP contribution is 2.47. The van der Waals surface area contributed by atoms with Crippen molar-refractivity contribution in [1.82, 2.24) is 5.32 Å². The summed E-state index contributed by atoms with van der Waals surface area (Å²) in [5, 5.41) is 14.6. The molecule has 3 rings (SSSR count). The molecule has 0 aliphatic heterocycles. The van der Waals surface area contributed by atoms with Crippen molar-refractivity contribution in [1.29, 1.82) is 0 Å². The van der Waals surface area contributed by atoms with E-state index in [-0.39, 0.29) is 49.6 Å². The third-order valence-corrected chi connectivity index (χ3v) is 7.61. The molecule has 11 heteroatoms. The molecule has 252 valence electrons. The minimum atomic E-state index is -0.399. The third kappa shape index (κ3) is 11.9. The molecular formula is C35H48N2O9. The van der Waals surface area contributed by atoms with Gasteiger partial charge in [-0.25, -0.2) is 0 Å². The average Bonchev–Trinajstić information content (AvgIpc) is 3.35. The van der Waals surface area contributed by atoms with Gasteiger partial charge < -0.3 is 34.7 Å². The van der Waals surface area contributed by atoms with Gasteiger partial charge in [0, 0.05) is 90.0 Å². The van der Waals surface area contributed by atoms with Crippen LogP contribution in [0.15, 0.2) is 36.4 Å².